The van der Waals surface area contributed by atoms with Crippen LogP contribution in [0.1, 0.15) is 11.3 Å². The predicted octanol–water partition coefficient (Wildman–Crippen LogP) is 3.64. The molecule has 0 bridgehead atoms. The first kappa shape index (κ1) is 11.6. The van der Waals surface area contributed by atoms with Crippen molar-refractivity contribution in [3.05, 3.63) is 45.8 Å². The lowest BCUT2D eigenvalue weighted by atomic mass is 10.1. The van der Waals surface area contributed by atoms with E-state index in [4.69, 9.17) is 5.26 Å². The zero-order valence-corrected chi connectivity index (χ0v) is 10.8. The van der Waals surface area contributed by atoms with E-state index in [1.165, 1.54) is 11.3 Å². The van der Waals surface area contributed by atoms with E-state index >= 15 is 0 Å². The van der Waals surface area contributed by atoms with Crippen LogP contribution in [0.25, 0.3) is 16.2 Å². The van der Waals surface area contributed by atoms with Crippen LogP contribution in [0.5, 0.6) is 0 Å². The fourth-order valence-corrected chi connectivity index (χ4v) is 2.82. The number of aryl methyl sites for hydroxylation is 1. The van der Waals surface area contributed by atoms with Gasteiger partial charge in [0.15, 0.2) is 4.96 Å². The van der Waals surface area contributed by atoms with Crippen molar-refractivity contribution in [2.24, 2.45) is 5.18 Å². The molecule has 0 spiro atoms. The molecule has 0 aliphatic heterocycles. The molecule has 92 valence electrons. The lowest BCUT2D eigenvalue weighted by Gasteiger charge is -1.98. The Morgan fingerprint density at radius 1 is 1.37 bits per heavy atom. The Kier molecular flexibility index (Phi) is 2.62. The molecule has 0 saturated carbocycles. The number of imidazole rings is 1. The Balaban J connectivity index is 2.24. The van der Waals surface area contributed by atoms with Crippen molar-refractivity contribution in [2.75, 3.05) is 0 Å². The molecule has 1 aromatic carbocycles. The third-order valence-corrected chi connectivity index (χ3v) is 3.83. The van der Waals surface area contributed by atoms with Crippen LogP contribution in [0, 0.1) is 23.2 Å². The van der Waals surface area contributed by atoms with E-state index in [0.717, 1.165) is 16.2 Å². The largest absolute Gasteiger partial charge is 0.269 e. The number of aromatic nitrogens is 2. The molecular weight excluding hydrogens is 260 g/mol. The highest BCUT2D eigenvalue weighted by Crippen LogP contribution is 2.33. The van der Waals surface area contributed by atoms with E-state index in [-0.39, 0.29) is 0 Å². The van der Waals surface area contributed by atoms with E-state index in [2.05, 4.69) is 16.2 Å². The van der Waals surface area contributed by atoms with Crippen molar-refractivity contribution in [3.63, 3.8) is 0 Å². The monoisotopic (exact) mass is 268 g/mol. The van der Waals surface area contributed by atoms with Crippen LogP contribution in [0.15, 0.2) is 34.8 Å². The maximum atomic E-state index is 11.1. The van der Waals surface area contributed by atoms with Gasteiger partial charge in [0.25, 0.3) is 0 Å². The quantitative estimate of drug-likeness (QED) is 0.666. The summed E-state index contributed by atoms with van der Waals surface area (Å²) < 4.78 is 1.74. The third-order valence-electron chi connectivity index (χ3n) is 2.88. The van der Waals surface area contributed by atoms with E-state index in [0.29, 0.717) is 17.1 Å². The summed E-state index contributed by atoms with van der Waals surface area (Å²) in [7, 11) is 0. The number of nitriles is 1. The van der Waals surface area contributed by atoms with E-state index in [9.17, 15) is 4.91 Å². The molecule has 3 aromatic rings. The second-order valence-electron chi connectivity index (χ2n) is 4.06. The second kappa shape index (κ2) is 4.30. The lowest BCUT2D eigenvalue weighted by Crippen LogP contribution is -1.83. The first-order valence-corrected chi connectivity index (χ1v) is 6.43. The van der Waals surface area contributed by atoms with Gasteiger partial charge in [0.05, 0.1) is 11.6 Å². The van der Waals surface area contributed by atoms with Gasteiger partial charge >= 0.3 is 0 Å². The number of benzene rings is 1. The molecule has 0 aliphatic carbocycles. The molecule has 19 heavy (non-hydrogen) atoms. The molecule has 0 aliphatic rings. The standard InChI is InChI=1S/C13H8N4OS/c1-8-7-19-13-15-11(12(16-18)17(8)13)10-4-2-9(6-14)3-5-10/h2-5,7H,1H3. The molecule has 2 aromatic heterocycles. The van der Waals surface area contributed by atoms with Crippen LogP contribution in [-0.2, 0) is 0 Å². The normalized spacial score (nSPS) is 10.5. The predicted molar refractivity (Wildman–Crippen MR) is 73.4 cm³/mol. The smallest absolute Gasteiger partial charge is 0.210 e. The Morgan fingerprint density at radius 2 is 2.11 bits per heavy atom. The lowest BCUT2D eigenvalue weighted by molar-refractivity contribution is 1.11. The van der Waals surface area contributed by atoms with Gasteiger partial charge in [0.2, 0.25) is 5.82 Å². The van der Waals surface area contributed by atoms with Crippen LogP contribution < -0.4 is 0 Å². The van der Waals surface area contributed by atoms with Gasteiger partial charge in [0.1, 0.15) is 5.69 Å². The zero-order valence-electron chi connectivity index (χ0n) is 9.99. The third kappa shape index (κ3) is 1.72. The Labute approximate surface area is 112 Å². The van der Waals surface area contributed by atoms with Crippen molar-refractivity contribution in [1.29, 1.82) is 5.26 Å². The topological polar surface area (TPSA) is 70.5 Å². The van der Waals surface area contributed by atoms with E-state index in [1.54, 1.807) is 28.7 Å². The summed E-state index contributed by atoms with van der Waals surface area (Å²) in [5, 5.41) is 13.8. The Morgan fingerprint density at radius 3 is 2.74 bits per heavy atom. The van der Waals surface area contributed by atoms with Gasteiger partial charge in [-0.1, -0.05) is 12.1 Å². The molecule has 0 fully saturated rings. The molecule has 6 heteroatoms. The fourth-order valence-electron chi connectivity index (χ4n) is 1.96. The van der Waals surface area contributed by atoms with Crippen LogP contribution in [0.2, 0.25) is 0 Å². The minimum atomic E-state index is 0.304. The first-order valence-electron chi connectivity index (χ1n) is 5.55. The van der Waals surface area contributed by atoms with Crippen molar-refractivity contribution in [2.45, 2.75) is 6.92 Å². The highest BCUT2D eigenvalue weighted by Gasteiger charge is 2.17. The maximum absolute atomic E-state index is 11.1. The second-order valence-corrected chi connectivity index (χ2v) is 4.90. The number of nitrogens with zero attached hydrogens (tertiary/aromatic N) is 4. The van der Waals surface area contributed by atoms with Crippen molar-refractivity contribution < 1.29 is 0 Å². The summed E-state index contributed by atoms with van der Waals surface area (Å²) in [5.41, 5.74) is 2.84. The summed E-state index contributed by atoms with van der Waals surface area (Å²) in [5.74, 6) is 0.304. The Bertz CT molecular complexity index is 808. The van der Waals surface area contributed by atoms with Gasteiger partial charge in [-0.15, -0.1) is 16.2 Å². The zero-order chi connectivity index (χ0) is 13.4. The van der Waals surface area contributed by atoms with Crippen molar-refractivity contribution in [1.82, 2.24) is 9.38 Å². The molecular formula is C13H8N4OS. The molecule has 0 saturated heterocycles. The average molecular weight is 268 g/mol. The summed E-state index contributed by atoms with van der Waals surface area (Å²) in [6.45, 7) is 1.91. The first-order chi connectivity index (χ1) is 9.24. The van der Waals surface area contributed by atoms with Gasteiger partial charge in [0, 0.05) is 16.6 Å². The molecule has 3 rings (SSSR count). The van der Waals surface area contributed by atoms with Crippen LogP contribution in [-0.4, -0.2) is 9.38 Å². The van der Waals surface area contributed by atoms with Crippen LogP contribution in [0.3, 0.4) is 0 Å². The molecule has 0 amide bonds. The minimum absolute atomic E-state index is 0.304. The number of fused-ring (bicyclic) bond motifs is 1. The summed E-state index contributed by atoms with van der Waals surface area (Å²) in [4.78, 5) is 16.3. The number of hydrogen-bond acceptors (Lipinski definition) is 5. The molecule has 2 heterocycles. The number of hydrogen-bond donors (Lipinski definition) is 0. The van der Waals surface area contributed by atoms with Crippen LogP contribution >= 0.6 is 11.3 Å². The van der Waals surface area contributed by atoms with E-state index < -0.39 is 0 Å². The van der Waals surface area contributed by atoms with E-state index in [1.807, 2.05) is 12.3 Å². The molecule has 0 N–H and O–H groups in total. The minimum Gasteiger partial charge on any atom is -0.269 e. The highest BCUT2D eigenvalue weighted by atomic mass is 32.1. The van der Waals surface area contributed by atoms with Gasteiger partial charge in [-0.3, -0.25) is 4.40 Å². The molecule has 0 radical (unpaired) electrons. The Hall–Kier alpha value is -2.52. The maximum Gasteiger partial charge on any atom is 0.210 e. The summed E-state index contributed by atoms with van der Waals surface area (Å²) in [6, 6.07) is 9.00. The number of nitroso groups, excluding NO2 is 1. The summed E-state index contributed by atoms with van der Waals surface area (Å²) in [6.07, 6.45) is 0. The van der Waals surface area contributed by atoms with Gasteiger partial charge in [-0.05, 0) is 24.2 Å². The molecule has 5 nitrogen and oxygen atoms in total. The molecule has 0 unspecified atom stereocenters. The summed E-state index contributed by atoms with van der Waals surface area (Å²) >= 11 is 1.47. The molecule has 0 atom stereocenters. The SMILES string of the molecule is Cc1csc2nc(-c3ccc(C#N)cc3)c(N=O)n12. The van der Waals surface area contributed by atoms with Crippen molar-refractivity contribution in [3.8, 4) is 17.3 Å². The fraction of sp³-hybridized carbons (Fsp3) is 0.0769. The number of thiazole rings is 1. The van der Waals surface area contributed by atoms with Gasteiger partial charge in [-0.25, -0.2) is 4.98 Å². The highest BCUT2D eigenvalue weighted by molar-refractivity contribution is 7.15. The number of rotatable bonds is 2. The van der Waals surface area contributed by atoms with Gasteiger partial charge < -0.3 is 0 Å². The average Bonchev–Trinajstić information content (AvgIpc) is 2.99. The van der Waals surface area contributed by atoms with Crippen molar-refractivity contribution >= 4 is 22.1 Å². The van der Waals surface area contributed by atoms with Gasteiger partial charge in [-0.2, -0.15) is 5.26 Å². The van der Waals surface area contributed by atoms with Crippen LogP contribution in [0.4, 0.5) is 5.82 Å².